The van der Waals surface area contributed by atoms with Crippen LogP contribution >= 0.6 is 0 Å². The Morgan fingerprint density at radius 1 is 1.19 bits per heavy atom. The van der Waals surface area contributed by atoms with Crippen LogP contribution in [0.1, 0.15) is 22.9 Å². The SMILES string of the molecule is COc1nccnc1C(N)c1cc(C(F)(F)F)ccc1F. The Labute approximate surface area is 117 Å². The molecule has 21 heavy (non-hydrogen) atoms. The second-order valence-electron chi connectivity index (χ2n) is 4.16. The van der Waals surface area contributed by atoms with Crippen molar-refractivity contribution in [3.63, 3.8) is 0 Å². The Hall–Kier alpha value is -2.22. The Morgan fingerprint density at radius 3 is 2.48 bits per heavy atom. The summed E-state index contributed by atoms with van der Waals surface area (Å²) in [6.07, 6.45) is -1.96. The summed E-state index contributed by atoms with van der Waals surface area (Å²) in [5, 5.41) is 0. The van der Waals surface area contributed by atoms with E-state index < -0.39 is 23.6 Å². The lowest BCUT2D eigenvalue weighted by molar-refractivity contribution is -0.137. The van der Waals surface area contributed by atoms with E-state index in [0.29, 0.717) is 12.1 Å². The summed E-state index contributed by atoms with van der Waals surface area (Å²) in [5.41, 5.74) is 4.55. The van der Waals surface area contributed by atoms with Crippen molar-refractivity contribution < 1.29 is 22.3 Å². The number of benzene rings is 1. The van der Waals surface area contributed by atoms with Gasteiger partial charge in [-0.3, -0.25) is 4.98 Å². The van der Waals surface area contributed by atoms with Crippen LogP contribution in [0.4, 0.5) is 17.6 Å². The fourth-order valence-corrected chi connectivity index (χ4v) is 1.81. The second kappa shape index (κ2) is 5.65. The third-order valence-corrected chi connectivity index (χ3v) is 2.84. The summed E-state index contributed by atoms with van der Waals surface area (Å²) >= 11 is 0. The standard InChI is InChI=1S/C13H11F4N3O/c1-21-12-11(19-4-5-20-12)10(18)8-6-7(13(15,16)17)2-3-9(8)14/h2-6,10H,18H2,1H3. The topological polar surface area (TPSA) is 61.0 Å². The minimum absolute atomic E-state index is 0.0295. The van der Waals surface area contributed by atoms with Gasteiger partial charge in [0.2, 0.25) is 5.88 Å². The largest absolute Gasteiger partial charge is 0.480 e. The average molecular weight is 301 g/mol. The lowest BCUT2D eigenvalue weighted by Gasteiger charge is -2.16. The van der Waals surface area contributed by atoms with E-state index in [4.69, 9.17) is 10.5 Å². The molecule has 1 heterocycles. The van der Waals surface area contributed by atoms with Crippen molar-refractivity contribution in [2.75, 3.05) is 7.11 Å². The minimum atomic E-state index is -4.59. The Balaban J connectivity index is 2.50. The zero-order chi connectivity index (χ0) is 15.6. The summed E-state index contributed by atoms with van der Waals surface area (Å²) in [7, 11) is 1.31. The van der Waals surface area contributed by atoms with Gasteiger partial charge in [0, 0.05) is 18.0 Å². The van der Waals surface area contributed by atoms with Crippen LogP contribution in [-0.2, 0) is 6.18 Å². The average Bonchev–Trinajstić information content (AvgIpc) is 2.45. The van der Waals surface area contributed by atoms with Crippen LogP contribution in [0.5, 0.6) is 5.88 Å². The fraction of sp³-hybridized carbons (Fsp3) is 0.231. The lowest BCUT2D eigenvalue weighted by atomic mass is 10.0. The van der Waals surface area contributed by atoms with Gasteiger partial charge >= 0.3 is 6.18 Å². The van der Waals surface area contributed by atoms with Gasteiger partial charge in [0.05, 0.1) is 18.7 Å². The molecule has 0 spiro atoms. The van der Waals surface area contributed by atoms with E-state index >= 15 is 0 Å². The maximum atomic E-state index is 13.8. The van der Waals surface area contributed by atoms with E-state index in [1.807, 2.05) is 0 Å². The van der Waals surface area contributed by atoms with E-state index in [9.17, 15) is 17.6 Å². The smallest absolute Gasteiger partial charge is 0.416 e. The predicted octanol–water partition coefficient (Wildman–Crippen LogP) is 2.69. The maximum absolute atomic E-state index is 13.8. The molecule has 0 saturated heterocycles. The van der Waals surface area contributed by atoms with Crippen molar-refractivity contribution in [3.8, 4) is 5.88 Å². The minimum Gasteiger partial charge on any atom is -0.480 e. The van der Waals surface area contributed by atoms with Crippen LogP contribution < -0.4 is 10.5 Å². The number of hydrogen-bond acceptors (Lipinski definition) is 4. The van der Waals surface area contributed by atoms with E-state index in [2.05, 4.69) is 9.97 Å². The van der Waals surface area contributed by atoms with Gasteiger partial charge < -0.3 is 10.5 Å². The van der Waals surface area contributed by atoms with Gasteiger partial charge in [0.1, 0.15) is 11.5 Å². The molecule has 1 aromatic heterocycles. The number of alkyl halides is 3. The fourth-order valence-electron chi connectivity index (χ4n) is 1.81. The highest BCUT2D eigenvalue weighted by molar-refractivity contribution is 5.36. The van der Waals surface area contributed by atoms with Crippen molar-refractivity contribution in [1.29, 1.82) is 0 Å². The van der Waals surface area contributed by atoms with Crippen LogP contribution in [-0.4, -0.2) is 17.1 Å². The molecule has 0 fully saturated rings. The van der Waals surface area contributed by atoms with Crippen molar-refractivity contribution in [1.82, 2.24) is 9.97 Å². The van der Waals surface area contributed by atoms with Gasteiger partial charge in [-0.1, -0.05) is 0 Å². The van der Waals surface area contributed by atoms with Crippen molar-refractivity contribution in [3.05, 3.63) is 53.2 Å². The number of methoxy groups -OCH3 is 1. The summed E-state index contributed by atoms with van der Waals surface area (Å²) in [6, 6.07) is 0.810. The van der Waals surface area contributed by atoms with Crippen molar-refractivity contribution in [2.24, 2.45) is 5.73 Å². The van der Waals surface area contributed by atoms with Gasteiger partial charge in [-0.05, 0) is 18.2 Å². The first-order valence-electron chi connectivity index (χ1n) is 5.81. The van der Waals surface area contributed by atoms with Crippen LogP contribution in [0.15, 0.2) is 30.6 Å². The Kier molecular flexibility index (Phi) is 4.08. The van der Waals surface area contributed by atoms with Gasteiger partial charge in [-0.25, -0.2) is 9.37 Å². The molecule has 2 aromatic rings. The van der Waals surface area contributed by atoms with Gasteiger partial charge in [-0.15, -0.1) is 0 Å². The number of rotatable bonds is 3. The van der Waals surface area contributed by atoms with Crippen LogP contribution in [0, 0.1) is 5.82 Å². The van der Waals surface area contributed by atoms with Gasteiger partial charge in [0.15, 0.2) is 0 Å². The molecule has 2 N–H and O–H groups in total. The molecule has 0 saturated carbocycles. The Bertz CT molecular complexity index is 646. The van der Waals surface area contributed by atoms with E-state index in [1.54, 1.807) is 0 Å². The highest BCUT2D eigenvalue weighted by atomic mass is 19.4. The number of hydrogen-bond donors (Lipinski definition) is 1. The molecule has 0 aliphatic carbocycles. The van der Waals surface area contributed by atoms with Crippen LogP contribution in [0.2, 0.25) is 0 Å². The highest BCUT2D eigenvalue weighted by Gasteiger charge is 2.32. The first kappa shape index (κ1) is 15.2. The summed E-state index contributed by atoms with van der Waals surface area (Å²) < 4.78 is 56.8. The molecule has 0 radical (unpaired) electrons. The van der Waals surface area contributed by atoms with E-state index in [-0.39, 0.29) is 17.1 Å². The third kappa shape index (κ3) is 3.10. The van der Waals surface area contributed by atoms with Gasteiger partial charge in [-0.2, -0.15) is 13.2 Å². The summed E-state index contributed by atoms with van der Waals surface area (Å²) in [5.74, 6) is -0.829. The molecule has 0 bridgehead atoms. The molecule has 1 atom stereocenters. The summed E-state index contributed by atoms with van der Waals surface area (Å²) in [6.45, 7) is 0. The number of halogens is 4. The molecule has 1 aromatic carbocycles. The third-order valence-electron chi connectivity index (χ3n) is 2.84. The quantitative estimate of drug-likeness (QED) is 0.885. The highest BCUT2D eigenvalue weighted by Crippen LogP contribution is 2.33. The zero-order valence-corrected chi connectivity index (χ0v) is 10.9. The van der Waals surface area contributed by atoms with Crippen LogP contribution in [0.3, 0.4) is 0 Å². The number of ether oxygens (including phenoxy) is 1. The summed E-state index contributed by atoms with van der Waals surface area (Å²) in [4.78, 5) is 7.73. The van der Waals surface area contributed by atoms with Gasteiger partial charge in [0.25, 0.3) is 0 Å². The lowest BCUT2D eigenvalue weighted by Crippen LogP contribution is -2.18. The zero-order valence-electron chi connectivity index (χ0n) is 10.9. The molecule has 0 amide bonds. The maximum Gasteiger partial charge on any atom is 0.416 e. The molecular weight excluding hydrogens is 290 g/mol. The molecule has 0 aliphatic rings. The number of aromatic nitrogens is 2. The van der Waals surface area contributed by atoms with E-state index in [1.165, 1.54) is 19.5 Å². The second-order valence-corrected chi connectivity index (χ2v) is 4.16. The number of nitrogens with zero attached hydrogens (tertiary/aromatic N) is 2. The predicted molar refractivity (Wildman–Crippen MR) is 66.0 cm³/mol. The first-order valence-corrected chi connectivity index (χ1v) is 5.81. The molecule has 8 heteroatoms. The normalized spacial score (nSPS) is 13.0. The first-order chi connectivity index (χ1) is 9.84. The van der Waals surface area contributed by atoms with Crippen LogP contribution in [0.25, 0.3) is 0 Å². The van der Waals surface area contributed by atoms with E-state index in [0.717, 1.165) is 6.07 Å². The number of nitrogens with two attached hydrogens (primary N) is 1. The molecular formula is C13H11F4N3O. The molecule has 2 rings (SSSR count). The van der Waals surface area contributed by atoms with Crippen molar-refractivity contribution >= 4 is 0 Å². The molecule has 4 nitrogen and oxygen atoms in total. The molecule has 112 valence electrons. The molecule has 0 aliphatic heterocycles. The molecule has 1 unspecified atom stereocenters. The monoisotopic (exact) mass is 301 g/mol. The Morgan fingerprint density at radius 2 is 1.86 bits per heavy atom. The van der Waals surface area contributed by atoms with Crippen molar-refractivity contribution in [2.45, 2.75) is 12.2 Å².